The highest BCUT2D eigenvalue weighted by molar-refractivity contribution is 5.56. The van der Waals surface area contributed by atoms with Crippen molar-refractivity contribution in [3.05, 3.63) is 59.4 Å². The SMILES string of the molecule is Oc1ccc(C2Nc3ccccc3CC2O)cc1F. The van der Waals surface area contributed by atoms with Gasteiger partial charge in [0.05, 0.1) is 12.1 Å². The number of hydrogen-bond acceptors (Lipinski definition) is 3. The van der Waals surface area contributed by atoms with Crippen LogP contribution in [0.3, 0.4) is 0 Å². The first-order valence-corrected chi connectivity index (χ1v) is 6.16. The fourth-order valence-electron chi connectivity index (χ4n) is 2.47. The van der Waals surface area contributed by atoms with Gasteiger partial charge in [0.1, 0.15) is 0 Å². The third-order valence-corrected chi connectivity index (χ3v) is 3.47. The summed E-state index contributed by atoms with van der Waals surface area (Å²) < 4.78 is 13.4. The lowest BCUT2D eigenvalue weighted by atomic mass is 9.91. The molecule has 1 aliphatic heterocycles. The number of rotatable bonds is 1. The van der Waals surface area contributed by atoms with Gasteiger partial charge in [-0.3, -0.25) is 0 Å². The van der Waals surface area contributed by atoms with E-state index in [1.165, 1.54) is 12.1 Å². The molecule has 1 heterocycles. The van der Waals surface area contributed by atoms with Crippen molar-refractivity contribution in [2.45, 2.75) is 18.6 Å². The smallest absolute Gasteiger partial charge is 0.165 e. The molecule has 3 nitrogen and oxygen atoms in total. The summed E-state index contributed by atoms with van der Waals surface area (Å²) in [6.07, 6.45) is -0.102. The van der Waals surface area contributed by atoms with Crippen molar-refractivity contribution in [1.29, 1.82) is 0 Å². The topological polar surface area (TPSA) is 52.5 Å². The molecule has 2 aromatic rings. The summed E-state index contributed by atoms with van der Waals surface area (Å²) in [5, 5.41) is 22.6. The second-order valence-corrected chi connectivity index (χ2v) is 4.76. The molecule has 3 N–H and O–H groups in total. The van der Waals surface area contributed by atoms with Crippen molar-refractivity contribution in [3.63, 3.8) is 0 Å². The summed E-state index contributed by atoms with van der Waals surface area (Å²) in [5.41, 5.74) is 2.62. The van der Waals surface area contributed by atoms with Gasteiger partial charge in [0, 0.05) is 12.1 Å². The Balaban J connectivity index is 1.96. The molecular weight excluding hydrogens is 245 g/mol. The first-order valence-electron chi connectivity index (χ1n) is 6.16. The van der Waals surface area contributed by atoms with Gasteiger partial charge in [0.2, 0.25) is 0 Å². The summed E-state index contributed by atoms with van der Waals surface area (Å²) in [7, 11) is 0. The molecule has 2 aromatic carbocycles. The molecule has 2 atom stereocenters. The quantitative estimate of drug-likeness (QED) is 0.738. The van der Waals surface area contributed by atoms with Crippen LogP contribution in [-0.2, 0) is 6.42 Å². The number of nitrogens with one attached hydrogen (secondary N) is 1. The molecule has 0 saturated carbocycles. The van der Waals surface area contributed by atoms with Gasteiger partial charge in [-0.15, -0.1) is 0 Å². The zero-order valence-corrected chi connectivity index (χ0v) is 10.2. The molecule has 0 bridgehead atoms. The Morgan fingerprint density at radius 2 is 1.95 bits per heavy atom. The molecule has 0 amide bonds. The molecule has 0 spiro atoms. The molecule has 1 aliphatic rings. The van der Waals surface area contributed by atoms with Gasteiger partial charge >= 0.3 is 0 Å². The van der Waals surface area contributed by atoms with E-state index in [0.717, 1.165) is 11.3 Å². The number of aliphatic hydroxyl groups excluding tert-OH is 1. The Kier molecular flexibility index (Phi) is 2.87. The predicted molar refractivity (Wildman–Crippen MR) is 70.6 cm³/mol. The molecule has 0 aromatic heterocycles. The molecular formula is C15H14FNO2. The minimum absolute atomic E-state index is 0.370. The monoisotopic (exact) mass is 259 g/mol. The van der Waals surface area contributed by atoms with Crippen molar-refractivity contribution >= 4 is 5.69 Å². The fraction of sp³-hybridized carbons (Fsp3) is 0.200. The number of fused-ring (bicyclic) bond motifs is 1. The molecule has 2 unspecified atom stereocenters. The third-order valence-electron chi connectivity index (χ3n) is 3.47. The van der Waals surface area contributed by atoms with E-state index in [1.54, 1.807) is 6.07 Å². The highest BCUT2D eigenvalue weighted by Gasteiger charge is 2.27. The van der Waals surface area contributed by atoms with Crippen LogP contribution < -0.4 is 5.32 Å². The summed E-state index contributed by atoms with van der Waals surface area (Å²) >= 11 is 0. The lowest BCUT2D eigenvalue weighted by Gasteiger charge is -2.32. The minimum atomic E-state index is -0.676. The first-order chi connectivity index (χ1) is 9.15. The number of phenols is 1. The molecule has 4 heteroatoms. The molecule has 0 radical (unpaired) electrons. The van der Waals surface area contributed by atoms with Crippen molar-refractivity contribution in [3.8, 4) is 5.75 Å². The van der Waals surface area contributed by atoms with Crippen LogP contribution in [0, 0.1) is 5.82 Å². The van der Waals surface area contributed by atoms with E-state index in [9.17, 15) is 14.6 Å². The van der Waals surface area contributed by atoms with Gasteiger partial charge in [-0.25, -0.2) is 4.39 Å². The van der Waals surface area contributed by atoms with E-state index in [0.29, 0.717) is 12.0 Å². The van der Waals surface area contributed by atoms with Gasteiger partial charge in [0.15, 0.2) is 11.6 Å². The maximum absolute atomic E-state index is 13.4. The summed E-state index contributed by atoms with van der Waals surface area (Å²) in [5.74, 6) is -1.06. The van der Waals surface area contributed by atoms with Gasteiger partial charge in [-0.1, -0.05) is 24.3 Å². The van der Waals surface area contributed by atoms with E-state index < -0.39 is 11.9 Å². The Bertz CT molecular complexity index is 615. The molecule has 0 fully saturated rings. The predicted octanol–water partition coefficient (Wildman–Crippen LogP) is 2.60. The van der Waals surface area contributed by atoms with Crippen LogP contribution in [0.2, 0.25) is 0 Å². The van der Waals surface area contributed by atoms with Gasteiger partial charge in [0.25, 0.3) is 0 Å². The van der Waals surface area contributed by atoms with E-state index in [2.05, 4.69) is 5.32 Å². The zero-order chi connectivity index (χ0) is 13.4. The van der Waals surface area contributed by atoms with Crippen molar-refractivity contribution in [1.82, 2.24) is 0 Å². The second-order valence-electron chi connectivity index (χ2n) is 4.76. The largest absolute Gasteiger partial charge is 0.505 e. The van der Waals surface area contributed by atoms with E-state index in [4.69, 9.17) is 0 Å². The van der Waals surface area contributed by atoms with Crippen LogP contribution in [0.4, 0.5) is 10.1 Å². The summed E-state index contributed by atoms with van der Waals surface area (Å²) in [4.78, 5) is 0. The molecule has 98 valence electrons. The third kappa shape index (κ3) is 2.15. The zero-order valence-electron chi connectivity index (χ0n) is 10.2. The maximum Gasteiger partial charge on any atom is 0.165 e. The van der Waals surface area contributed by atoms with Crippen LogP contribution in [-0.4, -0.2) is 16.3 Å². The normalized spacial score (nSPS) is 21.6. The van der Waals surface area contributed by atoms with Crippen LogP contribution in [0.25, 0.3) is 0 Å². The number of benzene rings is 2. The number of aliphatic hydroxyl groups is 1. The highest BCUT2D eigenvalue weighted by atomic mass is 19.1. The number of anilines is 1. The van der Waals surface area contributed by atoms with Crippen LogP contribution >= 0.6 is 0 Å². The van der Waals surface area contributed by atoms with Crippen LogP contribution in [0.1, 0.15) is 17.2 Å². The van der Waals surface area contributed by atoms with Gasteiger partial charge < -0.3 is 15.5 Å². The Hall–Kier alpha value is -2.07. The van der Waals surface area contributed by atoms with Gasteiger partial charge in [-0.2, -0.15) is 0 Å². The maximum atomic E-state index is 13.4. The number of hydrogen-bond donors (Lipinski definition) is 3. The highest BCUT2D eigenvalue weighted by Crippen LogP contribution is 2.33. The first kappa shape index (κ1) is 12.0. The molecule has 0 aliphatic carbocycles. The van der Waals surface area contributed by atoms with Crippen molar-refractivity contribution in [2.24, 2.45) is 0 Å². The van der Waals surface area contributed by atoms with Crippen molar-refractivity contribution < 1.29 is 14.6 Å². The molecule has 0 saturated heterocycles. The lowest BCUT2D eigenvalue weighted by Crippen LogP contribution is -2.32. The average Bonchev–Trinajstić information content (AvgIpc) is 2.41. The van der Waals surface area contributed by atoms with Gasteiger partial charge in [-0.05, 0) is 29.3 Å². The number of para-hydroxylation sites is 1. The summed E-state index contributed by atoms with van der Waals surface area (Å²) in [6, 6.07) is 11.5. The number of halogens is 1. The lowest BCUT2D eigenvalue weighted by molar-refractivity contribution is 0.148. The summed E-state index contributed by atoms with van der Waals surface area (Å²) in [6.45, 7) is 0. The van der Waals surface area contributed by atoms with E-state index in [-0.39, 0.29) is 11.8 Å². The van der Waals surface area contributed by atoms with E-state index >= 15 is 0 Å². The molecule has 19 heavy (non-hydrogen) atoms. The van der Waals surface area contributed by atoms with Crippen LogP contribution in [0.5, 0.6) is 5.75 Å². The second kappa shape index (κ2) is 4.55. The number of aromatic hydroxyl groups is 1. The Labute approximate surface area is 110 Å². The van der Waals surface area contributed by atoms with Crippen LogP contribution in [0.15, 0.2) is 42.5 Å². The Morgan fingerprint density at radius 3 is 2.74 bits per heavy atom. The average molecular weight is 259 g/mol. The minimum Gasteiger partial charge on any atom is -0.505 e. The fourth-order valence-corrected chi connectivity index (χ4v) is 2.47. The standard InChI is InChI=1S/C15H14FNO2/c16-11-7-10(5-6-13(11)18)15-14(19)8-9-3-1-2-4-12(9)17-15/h1-7,14-15,17-19H,8H2. The molecule has 3 rings (SSSR count). The van der Waals surface area contributed by atoms with Crippen molar-refractivity contribution in [2.75, 3.05) is 5.32 Å². The number of phenolic OH excluding ortho intramolecular Hbond substituents is 1. The van der Waals surface area contributed by atoms with E-state index in [1.807, 2.05) is 24.3 Å². The Morgan fingerprint density at radius 1 is 1.16 bits per heavy atom.